The SMILES string of the molecule is NC(CC(=O)O)c1c2ccccc2c(C(N)CC(=O)O)c2ccccc12. The summed E-state index contributed by atoms with van der Waals surface area (Å²) in [4.78, 5) is 22.4. The van der Waals surface area contributed by atoms with Crippen LogP contribution in [0.3, 0.4) is 0 Å². The molecule has 0 radical (unpaired) electrons. The van der Waals surface area contributed by atoms with Crippen LogP contribution in [0.25, 0.3) is 21.5 Å². The van der Waals surface area contributed by atoms with E-state index in [9.17, 15) is 9.59 Å². The quantitative estimate of drug-likeness (QED) is 0.505. The van der Waals surface area contributed by atoms with Crippen molar-refractivity contribution in [3.63, 3.8) is 0 Å². The second kappa shape index (κ2) is 7.11. The highest BCUT2D eigenvalue weighted by atomic mass is 16.4. The van der Waals surface area contributed by atoms with Crippen LogP contribution < -0.4 is 11.5 Å². The lowest BCUT2D eigenvalue weighted by Gasteiger charge is -2.22. The molecule has 2 atom stereocenters. The Hall–Kier alpha value is -2.96. The third-order valence-corrected chi connectivity index (χ3v) is 4.55. The molecule has 0 amide bonds. The summed E-state index contributed by atoms with van der Waals surface area (Å²) in [5, 5.41) is 21.5. The first kappa shape index (κ1) is 17.8. The van der Waals surface area contributed by atoms with Gasteiger partial charge >= 0.3 is 11.9 Å². The van der Waals surface area contributed by atoms with Crippen molar-refractivity contribution in [3.8, 4) is 0 Å². The fourth-order valence-corrected chi connectivity index (χ4v) is 3.58. The lowest BCUT2D eigenvalue weighted by molar-refractivity contribution is -0.138. The molecule has 6 N–H and O–H groups in total. The minimum atomic E-state index is -0.975. The molecule has 6 heteroatoms. The molecule has 0 saturated heterocycles. The molecule has 134 valence electrons. The van der Waals surface area contributed by atoms with E-state index in [1.807, 2.05) is 48.5 Å². The molecule has 0 heterocycles. The maximum absolute atomic E-state index is 11.2. The summed E-state index contributed by atoms with van der Waals surface area (Å²) in [6, 6.07) is 13.5. The number of hydrogen-bond donors (Lipinski definition) is 4. The van der Waals surface area contributed by atoms with Crippen molar-refractivity contribution >= 4 is 33.5 Å². The minimum absolute atomic E-state index is 0.200. The van der Waals surface area contributed by atoms with E-state index in [2.05, 4.69) is 0 Å². The first-order valence-electron chi connectivity index (χ1n) is 8.28. The van der Waals surface area contributed by atoms with Crippen LogP contribution in [0, 0.1) is 0 Å². The number of carbonyl (C=O) groups is 2. The van der Waals surface area contributed by atoms with Crippen molar-refractivity contribution in [2.24, 2.45) is 11.5 Å². The van der Waals surface area contributed by atoms with Gasteiger partial charge in [-0.2, -0.15) is 0 Å². The molecule has 0 bridgehead atoms. The fraction of sp³-hybridized carbons (Fsp3) is 0.200. The van der Waals surface area contributed by atoms with Gasteiger partial charge in [-0.15, -0.1) is 0 Å². The van der Waals surface area contributed by atoms with Crippen molar-refractivity contribution in [3.05, 3.63) is 59.7 Å². The minimum Gasteiger partial charge on any atom is -0.481 e. The highest BCUT2D eigenvalue weighted by molar-refractivity contribution is 6.07. The predicted molar refractivity (Wildman–Crippen MR) is 99.8 cm³/mol. The van der Waals surface area contributed by atoms with Gasteiger partial charge in [-0.3, -0.25) is 9.59 Å². The van der Waals surface area contributed by atoms with Crippen molar-refractivity contribution in [1.29, 1.82) is 0 Å². The van der Waals surface area contributed by atoms with Gasteiger partial charge in [-0.25, -0.2) is 0 Å². The Balaban J connectivity index is 2.39. The first-order chi connectivity index (χ1) is 12.4. The molecular formula is C20H20N2O4. The summed E-state index contributed by atoms with van der Waals surface area (Å²) < 4.78 is 0. The molecular weight excluding hydrogens is 332 g/mol. The summed E-state index contributed by atoms with van der Waals surface area (Å²) in [6.45, 7) is 0. The van der Waals surface area contributed by atoms with Crippen LogP contribution in [0.2, 0.25) is 0 Å². The molecule has 0 aliphatic heterocycles. The van der Waals surface area contributed by atoms with E-state index in [1.54, 1.807) is 0 Å². The molecule has 26 heavy (non-hydrogen) atoms. The molecule has 0 aliphatic rings. The van der Waals surface area contributed by atoms with Gasteiger partial charge in [0.1, 0.15) is 0 Å². The zero-order valence-corrected chi connectivity index (χ0v) is 14.1. The zero-order valence-electron chi connectivity index (χ0n) is 14.1. The topological polar surface area (TPSA) is 127 Å². The van der Waals surface area contributed by atoms with Gasteiger partial charge in [0.25, 0.3) is 0 Å². The summed E-state index contributed by atoms with van der Waals surface area (Å²) >= 11 is 0. The van der Waals surface area contributed by atoms with Gasteiger partial charge in [0.05, 0.1) is 12.8 Å². The van der Waals surface area contributed by atoms with E-state index in [0.717, 1.165) is 32.7 Å². The van der Waals surface area contributed by atoms with Gasteiger partial charge in [-0.1, -0.05) is 48.5 Å². The average Bonchev–Trinajstić information content (AvgIpc) is 2.57. The van der Waals surface area contributed by atoms with E-state index in [4.69, 9.17) is 21.7 Å². The Kier molecular flexibility index (Phi) is 4.88. The predicted octanol–water partition coefficient (Wildman–Crippen LogP) is 2.94. The number of benzene rings is 3. The van der Waals surface area contributed by atoms with E-state index < -0.39 is 24.0 Å². The molecule has 2 unspecified atom stereocenters. The highest BCUT2D eigenvalue weighted by Gasteiger charge is 2.23. The number of aliphatic carboxylic acids is 2. The van der Waals surface area contributed by atoms with E-state index in [0.29, 0.717) is 0 Å². The molecule has 3 aromatic rings. The normalized spacial score (nSPS) is 13.6. The van der Waals surface area contributed by atoms with Crippen LogP contribution in [-0.2, 0) is 9.59 Å². The van der Waals surface area contributed by atoms with Crippen LogP contribution in [0.4, 0.5) is 0 Å². The first-order valence-corrected chi connectivity index (χ1v) is 8.28. The molecule has 0 spiro atoms. The number of hydrogen-bond acceptors (Lipinski definition) is 4. The third-order valence-electron chi connectivity index (χ3n) is 4.55. The number of nitrogens with two attached hydrogens (primary N) is 2. The molecule has 3 aromatic carbocycles. The Morgan fingerprint density at radius 2 is 0.962 bits per heavy atom. The Bertz CT molecular complexity index is 863. The molecule has 0 aliphatic carbocycles. The summed E-state index contributed by atoms with van der Waals surface area (Å²) in [6.07, 6.45) is -0.400. The summed E-state index contributed by atoms with van der Waals surface area (Å²) in [5.74, 6) is -1.95. The van der Waals surface area contributed by atoms with Crippen LogP contribution in [0.15, 0.2) is 48.5 Å². The zero-order chi connectivity index (χ0) is 18.8. The monoisotopic (exact) mass is 352 g/mol. The van der Waals surface area contributed by atoms with Gasteiger partial charge in [-0.05, 0) is 32.7 Å². The fourth-order valence-electron chi connectivity index (χ4n) is 3.58. The second-order valence-corrected chi connectivity index (χ2v) is 6.33. The molecule has 3 rings (SSSR count). The molecule has 0 aromatic heterocycles. The maximum atomic E-state index is 11.2. The van der Waals surface area contributed by atoms with Crippen molar-refractivity contribution in [1.82, 2.24) is 0 Å². The Morgan fingerprint density at radius 1 is 0.692 bits per heavy atom. The molecule has 0 fully saturated rings. The van der Waals surface area contributed by atoms with Gasteiger partial charge in [0, 0.05) is 12.1 Å². The smallest absolute Gasteiger partial charge is 0.305 e. The number of carboxylic acids is 2. The number of carboxylic acid groups (broad SMARTS) is 2. The largest absolute Gasteiger partial charge is 0.481 e. The van der Waals surface area contributed by atoms with Crippen LogP contribution in [-0.4, -0.2) is 22.2 Å². The standard InChI is InChI=1S/C20H20N2O4/c21-15(9-17(23)24)19-11-5-1-2-6-12(11)20(16(22)10-18(25)26)14-8-4-3-7-13(14)19/h1-8,15-16H,9-10,21-22H2,(H,23,24)(H,25,26). The Morgan fingerprint density at radius 3 is 1.19 bits per heavy atom. The van der Waals surface area contributed by atoms with Crippen molar-refractivity contribution < 1.29 is 19.8 Å². The van der Waals surface area contributed by atoms with E-state index in [1.165, 1.54) is 0 Å². The lowest BCUT2D eigenvalue weighted by atomic mass is 9.85. The van der Waals surface area contributed by atoms with Gasteiger partial charge in [0.2, 0.25) is 0 Å². The molecule has 0 saturated carbocycles. The highest BCUT2D eigenvalue weighted by Crippen LogP contribution is 2.39. The van der Waals surface area contributed by atoms with Crippen LogP contribution in [0.1, 0.15) is 36.1 Å². The number of fused-ring (bicyclic) bond motifs is 2. The average molecular weight is 352 g/mol. The van der Waals surface area contributed by atoms with Crippen LogP contribution in [0.5, 0.6) is 0 Å². The summed E-state index contributed by atoms with van der Waals surface area (Å²) in [7, 11) is 0. The van der Waals surface area contributed by atoms with Crippen LogP contribution >= 0.6 is 0 Å². The lowest BCUT2D eigenvalue weighted by Crippen LogP contribution is -2.19. The van der Waals surface area contributed by atoms with E-state index in [-0.39, 0.29) is 12.8 Å². The Labute approximate surface area is 150 Å². The van der Waals surface area contributed by atoms with Gasteiger partial charge in [0.15, 0.2) is 0 Å². The second-order valence-electron chi connectivity index (χ2n) is 6.33. The van der Waals surface area contributed by atoms with Crippen molar-refractivity contribution in [2.45, 2.75) is 24.9 Å². The third kappa shape index (κ3) is 3.24. The van der Waals surface area contributed by atoms with Gasteiger partial charge < -0.3 is 21.7 Å². The van der Waals surface area contributed by atoms with Crippen molar-refractivity contribution in [2.75, 3.05) is 0 Å². The maximum Gasteiger partial charge on any atom is 0.305 e. The molecule has 6 nitrogen and oxygen atoms in total. The number of rotatable bonds is 6. The summed E-state index contributed by atoms with van der Waals surface area (Å²) in [5.41, 5.74) is 13.9. The van der Waals surface area contributed by atoms with E-state index >= 15 is 0 Å².